The monoisotopic (exact) mass is 181 g/mol. The lowest BCUT2D eigenvalue weighted by Gasteiger charge is -2.02. The van der Waals surface area contributed by atoms with E-state index < -0.39 is 10.2 Å². The molecule has 11 heavy (non-hydrogen) atoms. The number of aliphatic hydroxyl groups is 1. The molecule has 0 amide bonds. The van der Waals surface area contributed by atoms with E-state index in [1.54, 1.807) is 4.72 Å². The Hall–Kier alpha value is -0.660. The van der Waals surface area contributed by atoms with Crippen molar-refractivity contribution in [3.63, 3.8) is 0 Å². The van der Waals surface area contributed by atoms with E-state index in [2.05, 4.69) is 5.14 Å². The first-order valence-corrected chi connectivity index (χ1v) is 4.49. The quantitative estimate of drug-likeness (QED) is 0.313. The smallest absolute Gasteiger partial charge is 0.297 e. The molecule has 0 radical (unpaired) electrons. The first-order chi connectivity index (χ1) is 4.95. The fourth-order valence-corrected chi connectivity index (χ4v) is 0.924. The first-order valence-electron chi connectivity index (χ1n) is 2.94. The Kier molecular flexibility index (Phi) is 4.01. The SMILES string of the molecule is N=C(CCCO)NS(N)(=O)=O. The molecular weight excluding hydrogens is 170 g/mol. The van der Waals surface area contributed by atoms with E-state index in [9.17, 15) is 8.42 Å². The second kappa shape index (κ2) is 4.27. The summed E-state index contributed by atoms with van der Waals surface area (Å²) in [7, 11) is -3.81. The van der Waals surface area contributed by atoms with Gasteiger partial charge in [-0.05, 0) is 6.42 Å². The summed E-state index contributed by atoms with van der Waals surface area (Å²) in [4.78, 5) is 0. The Balaban J connectivity index is 3.71. The standard InChI is InChI=1S/C4H11N3O3S/c5-4(2-1-3-8)7-11(6,9)10/h8H,1-3H2,(H2,5,7)(H2,6,9,10). The Morgan fingerprint density at radius 2 is 2.18 bits per heavy atom. The van der Waals surface area contributed by atoms with Crippen LogP contribution in [0.3, 0.4) is 0 Å². The third-order valence-electron chi connectivity index (χ3n) is 0.850. The van der Waals surface area contributed by atoms with Crippen LogP contribution in [0.5, 0.6) is 0 Å². The second-order valence-corrected chi connectivity index (χ2v) is 3.25. The molecule has 5 N–H and O–H groups in total. The van der Waals surface area contributed by atoms with Gasteiger partial charge in [-0.3, -0.25) is 10.1 Å². The van der Waals surface area contributed by atoms with E-state index in [-0.39, 0.29) is 18.9 Å². The van der Waals surface area contributed by atoms with Crippen LogP contribution in [0.4, 0.5) is 0 Å². The summed E-state index contributed by atoms with van der Waals surface area (Å²) in [5.74, 6) is -0.207. The zero-order valence-corrected chi connectivity index (χ0v) is 6.69. The maximum atomic E-state index is 10.3. The Morgan fingerprint density at radius 1 is 1.64 bits per heavy atom. The average molecular weight is 181 g/mol. The van der Waals surface area contributed by atoms with Gasteiger partial charge in [0.2, 0.25) is 0 Å². The van der Waals surface area contributed by atoms with Gasteiger partial charge in [-0.1, -0.05) is 0 Å². The molecule has 0 rings (SSSR count). The molecule has 0 heterocycles. The summed E-state index contributed by atoms with van der Waals surface area (Å²) in [6.45, 7) is -0.0747. The van der Waals surface area contributed by atoms with Gasteiger partial charge in [0.05, 0.1) is 0 Å². The number of rotatable bonds is 4. The molecule has 6 nitrogen and oxygen atoms in total. The van der Waals surface area contributed by atoms with Crippen molar-refractivity contribution in [3.8, 4) is 0 Å². The zero-order valence-electron chi connectivity index (χ0n) is 5.87. The fraction of sp³-hybridized carbons (Fsp3) is 0.750. The average Bonchev–Trinajstić information content (AvgIpc) is 1.79. The van der Waals surface area contributed by atoms with Gasteiger partial charge in [-0.25, -0.2) is 5.14 Å². The maximum absolute atomic E-state index is 10.3. The minimum atomic E-state index is -3.81. The van der Waals surface area contributed by atoms with E-state index in [1.807, 2.05) is 0 Å². The number of hydrogen-bond donors (Lipinski definition) is 4. The molecule has 0 spiro atoms. The molecule has 0 aliphatic rings. The van der Waals surface area contributed by atoms with Gasteiger partial charge >= 0.3 is 0 Å². The third kappa shape index (κ3) is 7.23. The van der Waals surface area contributed by atoms with Crippen LogP contribution in [-0.4, -0.2) is 26.0 Å². The van der Waals surface area contributed by atoms with E-state index in [0.717, 1.165) is 0 Å². The molecule has 0 saturated heterocycles. The zero-order chi connectivity index (χ0) is 8.91. The molecular formula is C4H11N3O3S. The molecule has 0 atom stereocenters. The fourth-order valence-electron chi connectivity index (χ4n) is 0.479. The van der Waals surface area contributed by atoms with E-state index in [1.165, 1.54) is 0 Å². The summed E-state index contributed by atoms with van der Waals surface area (Å²) in [5.41, 5.74) is 0. The molecule has 0 bridgehead atoms. The molecule has 0 aliphatic heterocycles. The first kappa shape index (κ1) is 10.3. The number of nitrogens with two attached hydrogens (primary N) is 1. The summed E-state index contributed by atoms with van der Waals surface area (Å²) >= 11 is 0. The van der Waals surface area contributed by atoms with E-state index in [4.69, 9.17) is 10.5 Å². The molecule has 0 saturated carbocycles. The molecule has 0 unspecified atom stereocenters. The normalized spacial score (nSPS) is 11.1. The van der Waals surface area contributed by atoms with Gasteiger partial charge in [0.25, 0.3) is 10.2 Å². The molecule has 7 heteroatoms. The number of hydrogen-bond acceptors (Lipinski definition) is 4. The lowest BCUT2D eigenvalue weighted by molar-refractivity contribution is 0.291. The largest absolute Gasteiger partial charge is 0.396 e. The van der Waals surface area contributed by atoms with Crippen LogP contribution in [0.2, 0.25) is 0 Å². The lowest BCUT2D eigenvalue weighted by atomic mass is 10.3. The second-order valence-electron chi connectivity index (χ2n) is 1.95. The van der Waals surface area contributed by atoms with Crippen LogP contribution in [0.15, 0.2) is 0 Å². The minimum Gasteiger partial charge on any atom is -0.396 e. The highest BCUT2D eigenvalue weighted by Crippen LogP contribution is 1.87. The van der Waals surface area contributed by atoms with Crippen LogP contribution in [-0.2, 0) is 10.2 Å². The van der Waals surface area contributed by atoms with Crippen molar-refractivity contribution < 1.29 is 13.5 Å². The van der Waals surface area contributed by atoms with Gasteiger partial charge in [-0.15, -0.1) is 0 Å². The van der Waals surface area contributed by atoms with Gasteiger partial charge in [0.1, 0.15) is 5.84 Å². The highest BCUT2D eigenvalue weighted by Gasteiger charge is 2.03. The lowest BCUT2D eigenvalue weighted by Crippen LogP contribution is -2.35. The summed E-state index contributed by atoms with van der Waals surface area (Å²) < 4.78 is 22.3. The Bertz CT molecular complexity index is 223. The predicted molar refractivity (Wildman–Crippen MR) is 40.3 cm³/mol. The highest BCUT2D eigenvalue weighted by molar-refractivity contribution is 7.87. The summed E-state index contributed by atoms with van der Waals surface area (Å²) in [5, 5.41) is 19.8. The van der Waals surface area contributed by atoms with Crippen molar-refractivity contribution in [2.24, 2.45) is 5.14 Å². The van der Waals surface area contributed by atoms with Crippen molar-refractivity contribution in [2.45, 2.75) is 12.8 Å². The van der Waals surface area contributed by atoms with E-state index in [0.29, 0.717) is 6.42 Å². The minimum absolute atomic E-state index is 0.0747. The van der Waals surface area contributed by atoms with Crippen LogP contribution >= 0.6 is 0 Å². The van der Waals surface area contributed by atoms with Crippen molar-refractivity contribution >= 4 is 16.0 Å². The van der Waals surface area contributed by atoms with Gasteiger partial charge in [0.15, 0.2) is 0 Å². The topological polar surface area (TPSA) is 116 Å². The van der Waals surface area contributed by atoms with Crippen molar-refractivity contribution in [3.05, 3.63) is 0 Å². The van der Waals surface area contributed by atoms with Gasteiger partial charge in [0, 0.05) is 13.0 Å². The Labute approximate surface area is 65.1 Å². The van der Waals surface area contributed by atoms with Crippen LogP contribution in [0.1, 0.15) is 12.8 Å². The highest BCUT2D eigenvalue weighted by atomic mass is 32.2. The molecule has 0 aromatic rings. The van der Waals surface area contributed by atoms with Crippen LogP contribution in [0.25, 0.3) is 0 Å². The maximum Gasteiger partial charge on any atom is 0.297 e. The van der Waals surface area contributed by atoms with Crippen LogP contribution < -0.4 is 9.86 Å². The van der Waals surface area contributed by atoms with E-state index >= 15 is 0 Å². The molecule has 66 valence electrons. The molecule has 0 aromatic carbocycles. The third-order valence-corrected chi connectivity index (χ3v) is 1.38. The molecule has 0 aromatic heterocycles. The summed E-state index contributed by atoms with van der Waals surface area (Å²) in [6, 6.07) is 0. The van der Waals surface area contributed by atoms with Crippen LogP contribution in [0, 0.1) is 5.41 Å². The summed E-state index contributed by atoms with van der Waals surface area (Å²) in [6.07, 6.45) is 0.522. The molecule has 0 fully saturated rings. The van der Waals surface area contributed by atoms with Gasteiger partial charge < -0.3 is 5.11 Å². The predicted octanol–water partition coefficient (Wildman–Crippen LogP) is -1.47. The number of aliphatic hydroxyl groups excluding tert-OH is 1. The number of nitrogens with one attached hydrogen (secondary N) is 2. The van der Waals surface area contributed by atoms with Crippen molar-refractivity contribution in [1.29, 1.82) is 5.41 Å². The van der Waals surface area contributed by atoms with Crippen molar-refractivity contribution in [2.75, 3.05) is 6.61 Å². The van der Waals surface area contributed by atoms with Crippen molar-refractivity contribution in [1.82, 2.24) is 4.72 Å². The van der Waals surface area contributed by atoms with Gasteiger partial charge in [-0.2, -0.15) is 8.42 Å². The number of amidine groups is 1. The Morgan fingerprint density at radius 3 is 2.55 bits per heavy atom. The molecule has 0 aliphatic carbocycles.